The summed E-state index contributed by atoms with van der Waals surface area (Å²) >= 11 is 1.55. The number of rotatable bonds is 3. The second kappa shape index (κ2) is 8.20. The van der Waals surface area contributed by atoms with Gasteiger partial charge in [0.05, 0.1) is 5.56 Å². The van der Waals surface area contributed by atoms with E-state index < -0.39 is 14.0 Å². The number of thiophene rings is 1. The maximum Gasteiger partial charge on any atom is 0.337 e. The van der Waals surface area contributed by atoms with E-state index >= 15 is 0 Å². The molecule has 174 valence electrons. The Balaban J connectivity index is 1.61. The van der Waals surface area contributed by atoms with Crippen molar-refractivity contribution in [2.24, 2.45) is 0 Å². The van der Waals surface area contributed by atoms with Crippen LogP contribution in [0.15, 0.2) is 58.6 Å². The van der Waals surface area contributed by atoms with Gasteiger partial charge in [0.15, 0.2) is 5.71 Å². The third-order valence-electron chi connectivity index (χ3n) is 7.96. The average molecular weight is 488 g/mol. The van der Waals surface area contributed by atoms with E-state index in [4.69, 9.17) is 0 Å². The predicted molar refractivity (Wildman–Crippen MR) is 144 cm³/mol. The quantitative estimate of drug-likeness (QED) is 0.486. The van der Waals surface area contributed by atoms with Gasteiger partial charge in [-0.25, -0.2) is 9.37 Å². The van der Waals surface area contributed by atoms with Crippen LogP contribution in [0.25, 0.3) is 5.57 Å². The molecule has 34 heavy (non-hydrogen) atoms. The third kappa shape index (κ3) is 3.38. The smallest absolute Gasteiger partial charge is 0.337 e. The summed E-state index contributed by atoms with van der Waals surface area (Å²) in [5.74, 6) is -0.851. The summed E-state index contributed by atoms with van der Waals surface area (Å²) in [7, 11) is -2.01. The minimum absolute atomic E-state index is 0.408. The number of fused-ring (bicyclic) bond motifs is 2. The van der Waals surface area contributed by atoms with E-state index in [0.29, 0.717) is 5.56 Å². The number of carboxylic acids is 1. The lowest BCUT2D eigenvalue weighted by atomic mass is 9.92. The third-order valence-corrected chi connectivity index (χ3v) is 12.4. The predicted octanol–water partition coefficient (Wildman–Crippen LogP) is 5.06. The van der Waals surface area contributed by atoms with Crippen molar-refractivity contribution in [3.8, 4) is 0 Å². The summed E-state index contributed by atoms with van der Waals surface area (Å²) in [5, 5.41) is 14.7. The summed E-state index contributed by atoms with van der Waals surface area (Å²) in [6.45, 7) is 9.44. The van der Waals surface area contributed by atoms with E-state index in [2.05, 4.69) is 59.0 Å². The zero-order chi connectivity index (χ0) is 23.4. The summed E-state index contributed by atoms with van der Waals surface area (Å²) in [6.07, 6.45) is 12.0. The minimum Gasteiger partial charge on any atom is -0.478 e. The first-order valence-electron chi connectivity index (χ1n) is 12.4. The first-order valence-corrected chi connectivity index (χ1v) is 16.3. The van der Waals surface area contributed by atoms with Crippen molar-refractivity contribution in [1.29, 1.82) is 0 Å². The Labute approximate surface area is 206 Å². The van der Waals surface area contributed by atoms with E-state index in [1.54, 1.807) is 17.4 Å². The van der Waals surface area contributed by atoms with Crippen molar-refractivity contribution in [3.63, 3.8) is 0 Å². The molecule has 0 amide bonds. The van der Waals surface area contributed by atoms with E-state index in [1.807, 2.05) is 5.38 Å². The van der Waals surface area contributed by atoms with Gasteiger partial charge >= 0.3 is 5.97 Å². The standard InChI is InChI=1S/C28H30N2O2SSi/c1-34(2)24-17-19(29-12-3-4-13-29)7-9-21(24)26(27-23(28(31)32)11-16-33-27)22-10-8-20(18-25(22)34)30-14-5-6-15-30/h7-11,16-18H,3-6,12-15H2,1-2H3/p+1. The number of carbonyl (C=O) groups is 1. The van der Waals surface area contributed by atoms with Crippen molar-refractivity contribution in [1.82, 2.24) is 0 Å². The topological polar surface area (TPSA) is 43.6 Å². The summed E-state index contributed by atoms with van der Waals surface area (Å²) in [4.78, 5) is 15.5. The lowest BCUT2D eigenvalue weighted by molar-refractivity contribution is -0.504. The van der Waals surface area contributed by atoms with Crippen LogP contribution in [0.5, 0.6) is 0 Å². The fraction of sp³-hybridized carbons (Fsp3) is 0.357. The van der Waals surface area contributed by atoms with E-state index in [-0.39, 0.29) is 0 Å². The molecule has 4 aliphatic rings. The second-order valence-electron chi connectivity index (χ2n) is 10.3. The van der Waals surface area contributed by atoms with Gasteiger partial charge in [0.1, 0.15) is 21.2 Å². The number of nitrogens with zero attached hydrogens (tertiary/aromatic N) is 2. The molecule has 1 aromatic carbocycles. The van der Waals surface area contributed by atoms with Gasteiger partial charge in [-0.05, 0) is 64.0 Å². The molecular weight excluding hydrogens is 456 g/mol. The molecule has 1 aliphatic carbocycles. The number of anilines is 1. The molecule has 0 unspecified atom stereocenters. The first kappa shape index (κ1) is 21.8. The molecule has 6 rings (SSSR count). The van der Waals surface area contributed by atoms with Crippen molar-refractivity contribution in [2.45, 2.75) is 38.8 Å². The van der Waals surface area contributed by atoms with E-state index in [9.17, 15) is 9.90 Å². The highest BCUT2D eigenvalue weighted by Crippen LogP contribution is 2.44. The Morgan fingerprint density at radius 2 is 1.82 bits per heavy atom. The fourth-order valence-corrected chi connectivity index (χ4v) is 10.1. The van der Waals surface area contributed by atoms with Crippen LogP contribution < -0.4 is 10.1 Å². The van der Waals surface area contributed by atoms with Gasteiger partial charge in [0.2, 0.25) is 0 Å². The number of allylic oxidation sites excluding steroid dienone is 5. The largest absolute Gasteiger partial charge is 0.478 e. The molecule has 0 atom stereocenters. The van der Waals surface area contributed by atoms with Gasteiger partial charge in [-0.3, -0.25) is 0 Å². The van der Waals surface area contributed by atoms with Gasteiger partial charge in [-0.2, -0.15) is 0 Å². The summed E-state index contributed by atoms with van der Waals surface area (Å²) in [5.41, 5.74) is 6.60. The molecule has 2 fully saturated rings. The van der Waals surface area contributed by atoms with Crippen LogP contribution in [0.3, 0.4) is 0 Å². The van der Waals surface area contributed by atoms with Gasteiger partial charge in [0, 0.05) is 54.2 Å². The molecule has 3 aliphatic heterocycles. The molecule has 0 spiro atoms. The van der Waals surface area contributed by atoms with Crippen LogP contribution >= 0.6 is 11.3 Å². The van der Waals surface area contributed by atoms with Gasteiger partial charge in [-0.1, -0.05) is 19.2 Å². The highest BCUT2D eigenvalue weighted by Gasteiger charge is 2.41. The van der Waals surface area contributed by atoms with E-state index in [0.717, 1.165) is 36.6 Å². The van der Waals surface area contributed by atoms with Crippen LogP contribution in [0.2, 0.25) is 13.1 Å². The van der Waals surface area contributed by atoms with E-state index in [1.165, 1.54) is 58.6 Å². The van der Waals surface area contributed by atoms with Crippen LogP contribution in [-0.4, -0.2) is 55.6 Å². The molecule has 2 aromatic rings. The number of hydrogen-bond donors (Lipinski definition) is 1. The maximum absolute atomic E-state index is 12.1. The van der Waals surface area contributed by atoms with Gasteiger partial charge in [0.25, 0.3) is 0 Å². The van der Waals surface area contributed by atoms with Crippen LogP contribution in [0.1, 0.15) is 46.5 Å². The zero-order valence-corrected chi connectivity index (χ0v) is 21.8. The fourth-order valence-electron chi connectivity index (χ4n) is 6.08. The number of aromatic carboxylic acids is 1. The molecular formula is C28H31N2O2SSi+. The van der Waals surface area contributed by atoms with Crippen molar-refractivity contribution < 1.29 is 14.5 Å². The molecule has 0 bridgehead atoms. The maximum atomic E-state index is 12.1. The molecule has 0 radical (unpaired) electrons. The highest BCUT2D eigenvalue weighted by atomic mass is 32.1. The Morgan fingerprint density at radius 1 is 1.06 bits per heavy atom. The molecule has 1 aromatic heterocycles. The Morgan fingerprint density at radius 3 is 2.56 bits per heavy atom. The zero-order valence-electron chi connectivity index (χ0n) is 19.9. The summed E-state index contributed by atoms with van der Waals surface area (Å²) in [6, 6.07) is 8.72. The monoisotopic (exact) mass is 487 g/mol. The van der Waals surface area contributed by atoms with Crippen LogP contribution in [0, 0.1) is 0 Å². The number of hydrogen-bond acceptors (Lipinski definition) is 3. The lowest BCUT2D eigenvalue weighted by Gasteiger charge is -2.38. The Bertz CT molecular complexity index is 1310. The van der Waals surface area contributed by atoms with Gasteiger partial charge < -0.3 is 10.0 Å². The van der Waals surface area contributed by atoms with Crippen molar-refractivity contribution in [3.05, 3.63) is 74.6 Å². The second-order valence-corrected chi connectivity index (χ2v) is 15.6. The first-order chi connectivity index (χ1) is 16.4. The summed E-state index contributed by atoms with van der Waals surface area (Å²) < 4.78 is 2.51. The minimum atomic E-state index is -2.01. The molecule has 2 saturated heterocycles. The lowest BCUT2D eigenvalue weighted by Crippen LogP contribution is -2.50. The molecule has 6 heteroatoms. The molecule has 0 saturated carbocycles. The highest BCUT2D eigenvalue weighted by molar-refractivity contribution is 7.11. The average Bonchev–Trinajstić information content (AvgIpc) is 3.62. The number of benzene rings is 1. The SMILES string of the molecule is C[Si]1(C)C2=CC(=[N+]3CCCC3)C=CC2=C(c2sccc2C(=O)O)c2ccc(N3CCCC3)cc21. The Hall–Kier alpha value is -2.70. The normalized spacial score (nSPS) is 21.1. The molecule has 4 heterocycles. The molecule has 1 N–H and O–H groups in total. The molecule has 4 nitrogen and oxygen atoms in total. The van der Waals surface area contributed by atoms with Gasteiger partial charge in [-0.15, -0.1) is 11.3 Å². The van der Waals surface area contributed by atoms with Crippen LogP contribution in [-0.2, 0) is 0 Å². The Kier molecular flexibility index (Phi) is 5.26. The van der Waals surface area contributed by atoms with Crippen molar-refractivity contribution >= 4 is 47.5 Å². The van der Waals surface area contributed by atoms with Crippen molar-refractivity contribution in [2.75, 3.05) is 31.1 Å². The van der Waals surface area contributed by atoms with Crippen LogP contribution in [0.4, 0.5) is 5.69 Å². The number of carboxylic acid groups (broad SMARTS) is 1.